The summed E-state index contributed by atoms with van der Waals surface area (Å²) in [4.78, 5) is 38.5. The molecule has 9 atom stereocenters. The molecule has 0 aromatic heterocycles. The van der Waals surface area contributed by atoms with E-state index >= 15 is 0 Å². The molecule has 4 fully saturated rings. The fourth-order valence-electron chi connectivity index (χ4n) is 11.1. The summed E-state index contributed by atoms with van der Waals surface area (Å²) in [6, 6.07) is 0. The molecule has 49 heavy (non-hydrogen) atoms. The van der Waals surface area contributed by atoms with Gasteiger partial charge in [0.05, 0.1) is 33.0 Å². The SMILES string of the molecule is CC(C)CCC[C@@H](C)[C@H]1CC[C@H]2[C@@H]3CC=C4CC(OC(=O)NCCOCCOCCN5C(=O)CC(C(C)C)C5=O)CC[C@]4(C)[C@H]3CC[C@]12C. The summed E-state index contributed by atoms with van der Waals surface area (Å²) in [6.45, 7) is 18.5. The number of ether oxygens (including phenoxy) is 3. The lowest BCUT2D eigenvalue weighted by Crippen LogP contribution is -2.51. The van der Waals surface area contributed by atoms with Crippen LogP contribution in [0.3, 0.4) is 0 Å². The Morgan fingerprint density at radius 3 is 2.39 bits per heavy atom. The highest BCUT2D eigenvalue weighted by Gasteiger charge is 2.59. The van der Waals surface area contributed by atoms with Crippen molar-refractivity contribution in [3.63, 3.8) is 0 Å². The molecule has 3 saturated carbocycles. The molecule has 0 aromatic rings. The van der Waals surface area contributed by atoms with Gasteiger partial charge in [-0.1, -0.05) is 79.4 Å². The van der Waals surface area contributed by atoms with Gasteiger partial charge in [0.2, 0.25) is 11.8 Å². The van der Waals surface area contributed by atoms with E-state index in [2.05, 4.69) is 46.0 Å². The van der Waals surface area contributed by atoms with Crippen molar-refractivity contribution in [2.24, 2.45) is 58.2 Å². The van der Waals surface area contributed by atoms with Crippen molar-refractivity contribution in [3.05, 3.63) is 11.6 Å². The summed E-state index contributed by atoms with van der Waals surface area (Å²) in [5.41, 5.74) is 2.29. The van der Waals surface area contributed by atoms with Crippen LogP contribution in [0.15, 0.2) is 11.6 Å². The number of hydrogen-bond acceptors (Lipinski definition) is 6. The molecule has 2 unspecified atom stereocenters. The minimum Gasteiger partial charge on any atom is -0.446 e. The third kappa shape index (κ3) is 8.59. The lowest BCUT2D eigenvalue weighted by Gasteiger charge is -2.58. The van der Waals surface area contributed by atoms with Crippen LogP contribution < -0.4 is 5.32 Å². The maximum atomic E-state index is 12.6. The zero-order valence-electron chi connectivity index (χ0n) is 31.9. The predicted molar refractivity (Wildman–Crippen MR) is 193 cm³/mol. The van der Waals surface area contributed by atoms with Crippen molar-refractivity contribution in [1.82, 2.24) is 10.2 Å². The summed E-state index contributed by atoms with van der Waals surface area (Å²) >= 11 is 0. The number of allylic oxidation sites excluding steroid dienone is 1. The lowest BCUT2D eigenvalue weighted by atomic mass is 9.47. The molecule has 0 bridgehead atoms. The lowest BCUT2D eigenvalue weighted by molar-refractivity contribution is -0.140. The van der Waals surface area contributed by atoms with E-state index < -0.39 is 0 Å². The van der Waals surface area contributed by atoms with Crippen molar-refractivity contribution in [1.29, 1.82) is 0 Å². The standard InChI is InChI=1S/C41H68N2O6/c1-27(2)9-8-10-29(5)34-13-14-35-32-12-11-30-25-31(15-17-40(30,6)36(32)16-18-41(34,35)7)49-39(46)42-19-21-47-23-24-48-22-20-43-37(44)26-33(28(3)4)38(43)45/h11,27-29,31-36H,8-10,12-26H2,1-7H3,(H,42,46)/t29-,31?,32+,33?,34-,35+,36+,40+,41-/m1/s1. The van der Waals surface area contributed by atoms with Crippen LogP contribution in [0.5, 0.6) is 0 Å². The first kappa shape index (κ1) is 38.3. The Balaban J connectivity index is 0.982. The van der Waals surface area contributed by atoms with Crippen molar-refractivity contribution >= 4 is 17.9 Å². The van der Waals surface area contributed by atoms with E-state index in [4.69, 9.17) is 14.2 Å². The van der Waals surface area contributed by atoms with Crippen LogP contribution in [-0.2, 0) is 23.8 Å². The van der Waals surface area contributed by atoms with Crippen molar-refractivity contribution < 1.29 is 28.6 Å². The Morgan fingerprint density at radius 2 is 1.67 bits per heavy atom. The second-order valence-electron chi connectivity index (χ2n) is 17.6. The van der Waals surface area contributed by atoms with Crippen molar-refractivity contribution in [2.75, 3.05) is 39.5 Å². The Morgan fingerprint density at radius 1 is 0.918 bits per heavy atom. The molecule has 0 aromatic carbocycles. The summed E-state index contributed by atoms with van der Waals surface area (Å²) in [5.74, 6) is 4.71. The summed E-state index contributed by atoms with van der Waals surface area (Å²) in [6.07, 6.45) is 16.3. The topological polar surface area (TPSA) is 94.2 Å². The second-order valence-corrected chi connectivity index (χ2v) is 17.6. The average Bonchev–Trinajstić information content (AvgIpc) is 3.55. The third-order valence-corrected chi connectivity index (χ3v) is 14.0. The van der Waals surface area contributed by atoms with E-state index in [1.54, 1.807) is 5.57 Å². The molecule has 3 amide bonds. The van der Waals surface area contributed by atoms with Crippen molar-refractivity contribution in [2.45, 2.75) is 132 Å². The number of amides is 3. The molecule has 1 aliphatic heterocycles. The summed E-state index contributed by atoms with van der Waals surface area (Å²) in [7, 11) is 0. The van der Waals surface area contributed by atoms with Gasteiger partial charge in [0.15, 0.2) is 0 Å². The third-order valence-electron chi connectivity index (χ3n) is 14.0. The number of nitrogens with zero attached hydrogens (tertiary/aromatic N) is 1. The zero-order valence-corrected chi connectivity index (χ0v) is 31.9. The van der Waals surface area contributed by atoms with Gasteiger partial charge in [-0.05, 0) is 97.2 Å². The molecule has 5 rings (SSSR count). The van der Waals surface area contributed by atoms with Gasteiger partial charge in [-0.2, -0.15) is 0 Å². The number of hydrogen-bond donors (Lipinski definition) is 1. The molecule has 4 aliphatic carbocycles. The van der Waals surface area contributed by atoms with Gasteiger partial charge in [-0.3, -0.25) is 14.5 Å². The fraction of sp³-hybridized carbons (Fsp3) is 0.878. The second kappa shape index (κ2) is 16.6. The van der Waals surface area contributed by atoms with E-state index in [-0.39, 0.29) is 47.8 Å². The van der Waals surface area contributed by atoms with Crippen LogP contribution in [0.4, 0.5) is 4.79 Å². The summed E-state index contributed by atoms with van der Waals surface area (Å²) in [5, 5.41) is 2.85. The van der Waals surface area contributed by atoms with Gasteiger partial charge in [0.1, 0.15) is 6.10 Å². The first-order chi connectivity index (χ1) is 23.3. The number of alkyl carbamates (subject to hydrolysis) is 1. The van der Waals surface area contributed by atoms with Gasteiger partial charge < -0.3 is 19.5 Å². The van der Waals surface area contributed by atoms with E-state index in [1.165, 1.54) is 56.3 Å². The predicted octanol–water partition coefficient (Wildman–Crippen LogP) is 8.19. The van der Waals surface area contributed by atoms with E-state index in [0.29, 0.717) is 44.8 Å². The highest BCUT2D eigenvalue weighted by molar-refractivity contribution is 6.03. The number of imide groups is 1. The van der Waals surface area contributed by atoms with E-state index in [0.717, 1.165) is 54.8 Å². The molecular formula is C41H68N2O6. The first-order valence-corrected chi connectivity index (χ1v) is 20.0. The molecule has 5 aliphatic rings. The molecule has 1 saturated heterocycles. The van der Waals surface area contributed by atoms with E-state index in [1.807, 2.05) is 13.8 Å². The normalized spacial score (nSPS) is 34.9. The van der Waals surface area contributed by atoms with Crippen molar-refractivity contribution in [3.8, 4) is 0 Å². The average molecular weight is 685 g/mol. The minimum absolute atomic E-state index is 0.0632. The zero-order chi connectivity index (χ0) is 35.3. The minimum atomic E-state index is -0.365. The van der Waals surface area contributed by atoms with Crippen LogP contribution in [0.1, 0.15) is 126 Å². The maximum Gasteiger partial charge on any atom is 0.407 e. The fourth-order valence-corrected chi connectivity index (χ4v) is 11.1. The molecule has 8 nitrogen and oxygen atoms in total. The Bertz CT molecular complexity index is 1180. The van der Waals surface area contributed by atoms with E-state index in [9.17, 15) is 14.4 Å². The number of rotatable bonds is 16. The number of fused-ring (bicyclic) bond motifs is 5. The number of carbonyl (C=O) groups is 3. The van der Waals surface area contributed by atoms with Crippen LogP contribution in [0.25, 0.3) is 0 Å². The largest absolute Gasteiger partial charge is 0.446 e. The Labute approximate surface area is 297 Å². The van der Waals surface area contributed by atoms with Crippen LogP contribution in [-0.4, -0.2) is 68.4 Å². The maximum absolute atomic E-state index is 12.6. The number of likely N-dealkylation sites (tertiary alicyclic amines) is 1. The molecule has 278 valence electrons. The highest BCUT2D eigenvalue weighted by atomic mass is 16.6. The van der Waals surface area contributed by atoms with Crippen LogP contribution in [0.2, 0.25) is 0 Å². The summed E-state index contributed by atoms with van der Waals surface area (Å²) < 4.78 is 17.1. The Hall–Kier alpha value is -1.93. The van der Waals surface area contributed by atoms with Gasteiger partial charge >= 0.3 is 6.09 Å². The molecule has 0 spiro atoms. The van der Waals surface area contributed by atoms with Gasteiger partial charge in [-0.25, -0.2) is 4.79 Å². The molecule has 8 heteroatoms. The quantitative estimate of drug-likeness (QED) is 0.100. The molecule has 1 N–H and O–H groups in total. The number of carbonyl (C=O) groups excluding carboxylic acids is 3. The molecule has 1 heterocycles. The Kier molecular flexibility index (Phi) is 13.0. The van der Waals surface area contributed by atoms with Gasteiger partial charge in [0.25, 0.3) is 0 Å². The van der Waals surface area contributed by atoms with Gasteiger partial charge in [0, 0.05) is 25.3 Å². The number of nitrogens with one attached hydrogen (secondary N) is 1. The molecule has 0 radical (unpaired) electrons. The van der Waals surface area contributed by atoms with Crippen LogP contribution >= 0.6 is 0 Å². The van der Waals surface area contributed by atoms with Crippen LogP contribution in [0, 0.1) is 58.2 Å². The monoisotopic (exact) mass is 685 g/mol. The van der Waals surface area contributed by atoms with Gasteiger partial charge in [-0.15, -0.1) is 0 Å². The highest BCUT2D eigenvalue weighted by Crippen LogP contribution is 2.67. The first-order valence-electron chi connectivity index (χ1n) is 20.0. The smallest absolute Gasteiger partial charge is 0.407 e. The molecular weight excluding hydrogens is 616 g/mol.